The van der Waals surface area contributed by atoms with E-state index >= 15 is 0 Å². The van der Waals surface area contributed by atoms with Gasteiger partial charge in [-0.15, -0.1) is 0 Å². The molecule has 0 aliphatic heterocycles. The summed E-state index contributed by atoms with van der Waals surface area (Å²) in [6.07, 6.45) is 2.52. The summed E-state index contributed by atoms with van der Waals surface area (Å²) in [6, 6.07) is 7.35. The molecule has 0 saturated heterocycles. The number of hydrogen-bond donors (Lipinski definition) is 1. The quantitative estimate of drug-likeness (QED) is 0.832. The molecule has 1 aromatic rings. The highest BCUT2D eigenvalue weighted by atomic mass is 16.5. The van der Waals surface area contributed by atoms with Gasteiger partial charge in [0, 0.05) is 25.8 Å². The van der Waals surface area contributed by atoms with Crippen LogP contribution in [0.15, 0.2) is 24.3 Å². The number of benzene rings is 1. The van der Waals surface area contributed by atoms with Crippen LogP contribution in [0.5, 0.6) is 0 Å². The lowest BCUT2D eigenvalue weighted by atomic mass is 9.78. The second-order valence-corrected chi connectivity index (χ2v) is 7.37. The number of amides is 1. The smallest absolute Gasteiger partial charge is 0.338 e. The fourth-order valence-corrected chi connectivity index (χ4v) is 3.28. The minimum Gasteiger partial charge on any atom is -0.449 e. The molecule has 0 unspecified atom stereocenters. The Bertz CT molecular complexity index is 615. The molecule has 5 heteroatoms. The van der Waals surface area contributed by atoms with E-state index in [9.17, 15) is 9.59 Å². The summed E-state index contributed by atoms with van der Waals surface area (Å²) in [6.45, 7) is 6.03. The first-order valence-corrected chi connectivity index (χ1v) is 9.08. The summed E-state index contributed by atoms with van der Waals surface area (Å²) < 4.78 is 5.37. The lowest BCUT2D eigenvalue weighted by molar-refractivity contribution is -0.130. The first-order valence-electron chi connectivity index (χ1n) is 9.08. The number of carbonyl (C=O) groups is 2. The molecule has 1 fully saturated rings. The molecule has 0 bridgehead atoms. The van der Waals surface area contributed by atoms with E-state index in [0.29, 0.717) is 17.4 Å². The molecule has 1 amide bonds. The van der Waals surface area contributed by atoms with Crippen molar-refractivity contribution in [2.45, 2.75) is 52.2 Å². The van der Waals surface area contributed by atoms with E-state index in [4.69, 9.17) is 4.74 Å². The van der Waals surface area contributed by atoms with Crippen LogP contribution in [0, 0.1) is 11.8 Å². The Kier molecular flexibility index (Phi) is 6.45. The van der Waals surface area contributed by atoms with Crippen molar-refractivity contribution in [2.24, 2.45) is 11.8 Å². The van der Waals surface area contributed by atoms with Crippen LogP contribution in [0.2, 0.25) is 0 Å². The fourth-order valence-electron chi connectivity index (χ4n) is 3.28. The van der Waals surface area contributed by atoms with E-state index in [1.165, 1.54) is 6.42 Å². The Morgan fingerprint density at radius 2 is 1.96 bits per heavy atom. The van der Waals surface area contributed by atoms with E-state index in [1.54, 1.807) is 19.1 Å². The van der Waals surface area contributed by atoms with Gasteiger partial charge >= 0.3 is 5.97 Å². The number of rotatable bonds is 5. The fraction of sp³-hybridized carbons (Fsp3) is 0.600. The molecular formula is C20H30N2O3. The van der Waals surface area contributed by atoms with E-state index in [2.05, 4.69) is 19.2 Å². The van der Waals surface area contributed by atoms with Gasteiger partial charge < -0.3 is 15.0 Å². The molecule has 1 N–H and O–H groups in total. The molecule has 1 aliphatic rings. The molecule has 0 radical (unpaired) electrons. The Labute approximate surface area is 150 Å². The number of nitrogens with zero attached hydrogens (tertiary/aromatic N) is 1. The Morgan fingerprint density at radius 1 is 1.24 bits per heavy atom. The van der Waals surface area contributed by atoms with E-state index in [0.717, 1.165) is 18.5 Å². The minimum absolute atomic E-state index is 0.162. The Morgan fingerprint density at radius 3 is 2.64 bits per heavy atom. The molecular weight excluding hydrogens is 316 g/mol. The molecule has 0 heterocycles. The van der Waals surface area contributed by atoms with Gasteiger partial charge in [-0.25, -0.2) is 4.79 Å². The lowest BCUT2D eigenvalue weighted by Gasteiger charge is -2.35. The minimum atomic E-state index is -0.806. The summed E-state index contributed by atoms with van der Waals surface area (Å²) in [5.74, 6) is 0.350. The first kappa shape index (κ1) is 19.3. The van der Waals surface area contributed by atoms with Gasteiger partial charge in [0.1, 0.15) is 0 Å². The number of carbonyl (C=O) groups excluding carboxylic acids is 2. The second-order valence-electron chi connectivity index (χ2n) is 7.37. The molecule has 0 spiro atoms. The molecule has 138 valence electrons. The normalized spacial score (nSPS) is 24.3. The van der Waals surface area contributed by atoms with Crippen LogP contribution >= 0.6 is 0 Å². The van der Waals surface area contributed by atoms with Crippen molar-refractivity contribution in [3.63, 3.8) is 0 Å². The lowest BCUT2D eigenvalue weighted by Crippen LogP contribution is -2.47. The van der Waals surface area contributed by atoms with Gasteiger partial charge in [0.15, 0.2) is 6.10 Å². The van der Waals surface area contributed by atoms with Crippen molar-refractivity contribution in [3.05, 3.63) is 29.8 Å². The van der Waals surface area contributed by atoms with Crippen LogP contribution < -0.4 is 10.2 Å². The molecule has 4 atom stereocenters. The standard InChI is InChI=1S/C20H30N2O3/c1-13-8-6-11-18(14(13)2)21-19(23)15(3)25-20(24)16-9-7-10-17(12-16)22(4)5/h7,9-10,12-15,18H,6,8,11H2,1-5H3,(H,21,23)/t13-,14-,15-,18+/m0/s1. The maximum Gasteiger partial charge on any atom is 0.338 e. The zero-order valence-electron chi connectivity index (χ0n) is 15.9. The van der Waals surface area contributed by atoms with E-state index in [1.807, 2.05) is 31.1 Å². The van der Waals surface area contributed by atoms with Crippen molar-refractivity contribution in [1.29, 1.82) is 0 Å². The molecule has 1 saturated carbocycles. The number of anilines is 1. The van der Waals surface area contributed by atoms with Crippen molar-refractivity contribution in [2.75, 3.05) is 19.0 Å². The molecule has 0 aromatic heterocycles. The SMILES string of the molecule is C[C@H]1[C@@H](C)CCC[C@H]1NC(=O)[C@H](C)OC(=O)c1cccc(N(C)C)c1. The Hall–Kier alpha value is -2.04. The van der Waals surface area contributed by atoms with Gasteiger partial charge in [-0.05, 0) is 43.4 Å². The van der Waals surface area contributed by atoms with Crippen LogP contribution in [0.3, 0.4) is 0 Å². The molecule has 1 aliphatic carbocycles. The highest BCUT2D eigenvalue weighted by Crippen LogP contribution is 2.29. The van der Waals surface area contributed by atoms with E-state index in [-0.39, 0.29) is 11.9 Å². The molecule has 25 heavy (non-hydrogen) atoms. The largest absolute Gasteiger partial charge is 0.449 e. The molecule has 5 nitrogen and oxygen atoms in total. The van der Waals surface area contributed by atoms with Crippen LogP contribution in [0.4, 0.5) is 5.69 Å². The highest BCUT2D eigenvalue weighted by Gasteiger charge is 2.30. The first-order chi connectivity index (χ1) is 11.8. The monoisotopic (exact) mass is 346 g/mol. The topological polar surface area (TPSA) is 58.6 Å². The van der Waals surface area contributed by atoms with E-state index < -0.39 is 12.1 Å². The maximum atomic E-state index is 12.4. The van der Waals surface area contributed by atoms with Gasteiger partial charge in [0.25, 0.3) is 5.91 Å². The average molecular weight is 346 g/mol. The van der Waals surface area contributed by atoms with Crippen molar-refractivity contribution < 1.29 is 14.3 Å². The van der Waals surface area contributed by atoms with Gasteiger partial charge in [-0.2, -0.15) is 0 Å². The number of esters is 1. The van der Waals surface area contributed by atoms with Gasteiger partial charge in [-0.1, -0.05) is 32.8 Å². The van der Waals surface area contributed by atoms with Crippen molar-refractivity contribution in [3.8, 4) is 0 Å². The van der Waals surface area contributed by atoms with Crippen LogP contribution in [-0.2, 0) is 9.53 Å². The zero-order chi connectivity index (χ0) is 18.6. The zero-order valence-corrected chi connectivity index (χ0v) is 15.9. The maximum absolute atomic E-state index is 12.4. The average Bonchev–Trinajstić information content (AvgIpc) is 2.58. The van der Waals surface area contributed by atoms with Crippen LogP contribution in [0.25, 0.3) is 0 Å². The highest BCUT2D eigenvalue weighted by molar-refractivity contribution is 5.93. The Balaban J connectivity index is 1.94. The third-order valence-electron chi connectivity index (χ3n) is 5.29. The summed E-state index contributed by atoms with van der Waals surface area (Å²) in [4.78, 5) is 26.6. The van der Waals surface area contributed by atoms with Gasteiger partial charge in [0.05, 0.1) is 5.56 Å². The van der Waals surface area contributed by atoms with Crippen LogP contribution in [-0.4, -0.2) is 38.1 Å². The predicted octanol–water partition coefficient (Wildman–Crippen LogP) is 3.24. The van der Waals surface area contributed by atoms with Crippen molar-refractivity contribution in [1.82, 2.24) is 5.32 Å². The van der Waals surface area contributed by atoms with Gasteiger partial charge in [0.2, 0.25) is 0 Å². The number of hydrogen-bond acceptors (Lipinski definition) is 4. The second kappa shape index (κ2) is 8.37. The molecule has 1 aromatic carbocycles. The molecule has 2 rings (SSSR count). The summed E-state index contributed by atoms with van der Waals surface area (Å²) >= 11 is 0. The predicted molar refractivity (Wildman–Crippen MR) is 99.8 cm³/mol. The van der Waals surface area contributed by atoms with Gasteiger partial charge in [-0.3, -0.25) is 4.79 Å². The summed E-state index contributed by atoms with van der Waals surface area (Å²) in [5.41, 5.74) is 1.36. The van der Waals surface area contributed by atoms with Crippen LogP contribution in [0.1, 0.15) is 50.4 Å². The third-order valence-corrected chi connectivity index (χ3v) is 5.29. The number of nitrogens with one attached hydrogen (secondary N) is 1. The van der Waals surface area contributed by atoms with Crippen molar-refractivity contribution >= 4 is 17.6 Å². The number of ether oxygens (including phenoxy) is 1. The summed E-state index contributed by atoms with van der Waals surface area (Å²) in [5, 5.41) is 3.06. The summed E-state index contributed by atoms with van der Waals surface area (Å²) in [7, 11) is 3.82. The third kappa shape index (κ3) is 4.97.